The molecule has 0 aromatic rings. The van der Waals surface area contributed by atoms with Crippen LogP contribution < -0.4 is 5.32 Å². The first kappa shape index (κ1) is 18.2. The standard InChI is InChI=1S/C17H31N3O3/c1-13(2)14(3)18-16(21)12-19-6-4-5-15(11-19)17(22)20-7-9-23-10-8-20/h13-15H,4-12H2,1-3H3,(H,18,21). The lowest BCUT2D eigenvalue weighted by atomic mass is 9.96. The predicted molar refractivity (Wildman–Crippen MR) is 89.0 cm³/mol. The molecule has 2 amide bonds. The molecule has 2 fully saturated rings. The van der Waals surface area contributed by atoms with Gasteiger partial charge in [0.05, 0.1) is 25.7 Å². The Morgan fingerprint density at radius 1 is 1.17 bits per heavy atom. The van der Waals surface area contributed by atoms with Gasteiger partial charge < -0.3 is 15.0 Å². The van der Waals surface area contributed by atoms with Crippen molar-refractivity contribution in [3.63, 3.8) is 0 Å². The van der Waals surface area contributed by atoms with E-state index in [9.17, 15) is 9.59 Å². The molecule has 2 aliphatic heterocycles. The molecule has 2 saturated heterocycles. The van der Waals surface area contributed by atoms with Gasteiger partial charge in [-0.3, -0.25) is 14.5 Å². The smallest absolute Gasteiger partial charge is 0.234 e. The molecule has 0 aromatic carbocycles. The van der Waals surface area contributed by atoms with Gasteiger partial charge in [-0.25, -0.2) is 0 Å². The van der Waals surface area contributed by atoms with Gasteiger partial charge in [-0.1, -0.05) is 13.8 Å². The Labute approximate surface area is 139 Å². The molecule has 6 heteroatoms. The maximum atomic E-state index is 12.6. The van der Waals surface area contributed by atoms with Crippen LogP contribution in [0.4, 0.5) is 0 Å². The summed E-state index contributed by atoms with van der Waals surface area (Å²) in [6.07, 6.45) is 1.91. The molecular formula is C17H31N3O3. The van der Waals surface area contributed by atoms with E-state index >= 15 is 0 Å². The van der Waals surface area contributed by atoms with E-state index in [0.717, 1.165) is 19.4 Å². The number of rotatable bonds is 5. The van der Waals surface area contributed by atoms with Crippen molar-refractivity contribution in [2.75, 3.05) is 45.9 Å². The van der Waals surface area contributed by atoms with Gasteiger partial charge in [-0.15, -0.1) is 0 Å². The third-order valence-corrected chi connectivity index (χ3v) is 4.93. The molecule has 23 heavy (non-hydrogen) atoms. The summed E-state index contributed by atoms with van der Waals surface area (Å²) < 4.78 is 5.31. The van der Waals surface area contributed by atoms with Crippen LogP contribution in [0.25, 0.3) is 0 Å². The minimum absolute atomic E-state index is 0.0252. The Hall–Kier alpha value is -1.14. The molecule has 1 N–H and O–H groups in total. The predicted octanol–water partition coefficient (Wildman–Crippen LogP) is 0.718. The lowest BCUT2D eigenvalue weighted by Crippen LogP contribution is -2.50. The van der Waals surface area contributed by atoms with Crippen LogP contribution in [0.1, 0.15) is 33.6 Å². The van der Waals surface area contributed by atoms with Crippen LogP contribution in [-0.4, -0.2) is 73.6 Å². The average molecular weight is 325 g/mol. The first-order chi connectivity index (χ1) is 11.0. The SMILES string of the molecule is CC(C)C(C)NC(=O)CN1CCCC(C(=O)N2CCOCC2)C1. The molecule has 2 rings (SSSR count). The number of hydrogen-bond donors (Lipinski definition) is 1. The molecule has 2 heterocycles. The molecule has 0 aliphatic carbocycles. The van der Waals surface area contributed by atoms with E-state index in [1.165, 1.54) is 0 Å². The van der Waals surface area contributed by atoms with Crippen LogP contribution in [0.15, 0.2) is 0 Å². The van der Waals surface area contributed by atoms with E-state index in [1.54, 1.807) is 0 Å². The Bertz CT molecular complexity index is 408. The van der Waals surface area contributed by atoms with Gasteiger partial charge in [-0.2, -0.15) is 0 Å². The number of nitrogens with zero attached hydrogens (tertiary/aromatic N) is 2. The summed E-state index contributed by atoms with van der Waals surface area (Å²) in [5.41, 5.74) is 0. The van der Waals surface area contributed by atoms with Crippen LogP contribution in [0.3, 0.4) is 0 Å². The van der Waals surface area contributed by atoms with Gasteiger partial charge in [0.25, 0.3) is 0 Å². The maximum Gasteiger partial charge on any atom is 0.234 e. The molecule has 0 aromatic heterocycles. The molecule has 0 bridgehead atoms. The second-order valence-electron chi connectivity index (χ2n) is 7.11. The summed E-state index contributed by atoms with van der Waals surface area (Å²) in [5, 5.41) is 3.04. The second kappa shape index (κ2) is 8.64. The summed E-state index contributed by atoms with van der Waals surface area (Å²) in [7, 11) is 0. The van der Waals surface area contributed by atoms with Gasteiger partial charge in [-0.05, 0) is 32.2 Å². The first-order valence-electron chi connectivity index (χ1n) is 8.85. The van der Waals surface area contributed by atoms with Crippen LogP contribution >= 0.6 is 0 Å². The van der Waals surface area contributed by atoms with E-state index in [-0.39, 0.29) is 23.8 Å². The molecule has 2 unspecified atom stereocenters. The van der Waals surface area contributed by atoms with E-state index in [0.29, 0.717) is 45.3 Å². The number of likely N-dealkylation sites (tertiary alicyclic amines) is 1. The molecular weight excluding hydrogens is 294 g/mol. The fourth-order valence-corrected chi connectivity index (χ4v) is 3.11. The van der Waals surface area contributed by atoms with Crippen LogP contribution in [-0.2, 0) is 14.3 Å². The maximum absolute atomic E-state index is 12.6. The van der Waals surface area contributed by atoms with Crippen molar-refractivity contribution in [1.82, 2.24) is 15.1 Å². The lowest BCUT2D eigenvalue weighted by molar-refractivity contribution is -0.142. The van der Waals surface area contributed by atoms with E-state index in [2.05, 4.69) is 24.1 Å². The first-order valence-corrected chi connectivity index (χ1v) is 8.85. The molecule has 0 saturated carbocycles. The number of ether oxygens (including phenoxy) is 1. The van der Waals surface area contributed by atoms with Gasteiger partial charge in [0.1, 0.15) is 0 Å². The fourth-order valence-electron chi connectivity index (χ4n) is 3.11. The van der Waals surface area contributed by atoms with Crippen molar-refractivity contribution < 1.29 is 14.3 Å². The van der Waals surface area contributed by atoms with Gasteiger partial charge in [0.2, 0.25) is 11.8 Å². The molecule has 0 spiro atoms. The summed E-state index contributed by atoms with van der Waals surface area (Å²) in [6, 6.07) is 0.179. The highest BCUT2D eigenvalue weighted by Gasteiger charge is 2.30. The number of carbonyl (C=O) groups is 2. The Kier molecular flexibility index (Phi) is 6.84. The van der Waals surface area contributed by atoms with Crippen molar-refractivity contribution in [3.05, 3.63) is 0 Å². The van der Waals surface area contributed by atoms with Gasteiger partial charge in [0, 0.05) is 25.7 Å². The Balaban J connectivity index is 1.80. The second-order valence-corrected chi connectivity index (χ2v) is 7.11. The van der Waals surface area contributed by atoms with Gasteiger partial charge in [0.15, 0.2) is 0 Å². The summed E-state index contributed by atoms with van der Waals surface area (Å²) in [4.78, 5) is 28.8. The molecule has 0 radical (unpaired) electrons. The third kappa shape index (κ3) is 5.46. The van der Waals surface area contributed by atoms with Crippen LogP contribution in [0, 0.1) is 11.8 Å². The Morgan fingerprint density at radius 2 is 1.87 bits per heavy atom. The van der Waals surface area contributed by atoms with Crippen molar-refractivity contribution in [3.8, 4) is 0 Å². The largest absolute Gasteiger partial charge is 0.378 e. The van der Waals surface area contributed by atoms with Crippen LogP contribution in [0.2, 0.25) is 0 Å². The zero-order chi connectivity index (χ0) is 16.8. The van der Waals surface area contributed by atoms with Crippen molar-refractivity contribution in [2.24, 2.45) is 11.8 Å². The van der Waals surface area contributed by atoms with Crippen molar-refractivity contribution in [2.45, 2.75) is 39.7 Å². The highest BCUT2D eigenvalue weighted by atomic mass is 16.5. The monoisotopic (exact) mass is 325 g/mol. The van der Waals surface area contributed by atoms with E-state index in [4.69, 9.17) is 4.74 Å². The zero-order valence-electron chi connectivity index (χ0n) is 14.7. The normalized spacial score (nSPS) is 24.5. The number of hydrogen-bond acceptors (Lipinski definition) is 4. The number of nitrogens with one attached hydrogen (secondary N) is 1. The molecule has 2 atom stereocenters. The van der Waals surface area contributed by atoms with Crippen molar-refractivity contribution >= 4 is 11.8 Å². The number of piperidine rings is 1. The average Bonchev–Trinajstić information content (AvgIpc) is 2.55. The highest BCUT2D eigenvalue weighted by molar-refractivity contribution is 5.80. The van der Waals surface area contributed by atoms with Gasteiger partial charge >= 0.3 is 0 Å². The van der Waals surface area contributed by atoms with Crippen molar-refractivity contribution in [1.29, 1.82) is 0 Å². The van der Waals surface area contributed by atoms with Crippen LogP contribution in [0.5, 0.6) is 0 Å². The highest BCUT2D eigenvalue weighted by Crippen LogP contribution is 2.19. The number of carbonyl (C=O) groups excluding carboxylic acids is 2. The molecule has 132 valence electrons. The third-order valence-electron chi connectivity index (χ3n) is 4.93. The summed E-state index contributed by atoms with van der Waals surface area (Å²) >= 11 is 0. The molecule has 6 nitrogen and oxygen atoms in total. The Morgan fingerprint density at radius 3 is 2.52 bits per heavy atom. The number of morpholine rings is 1. The fraction of sp³-hybridized carbons (Fsp3) is 0.882. The van der Waals surface area contributed by atoms with E-state index < -0.39 is 0 Å². The molecule has 2 aliphatic rings. The zero-order valence-corrected chi connectivity index (χ0v) is 14.7. The lowest BCUT2D eigenvalue weighted by Gasteiger charge is -2.36. The van der Waals surface area contributed by atoms with E-state index in [1.807, 2.05) is 11.8 Å². The topological polar surface area (TPSA) is 61.9 Å². The summed E-state index contributed by atoms with van der Waals surface area (Å²) in [6.45, 7) is 10.9. The quantitative estimate of drug-likeness (QED) is 0.809. The minimum atomic E-state index is 0.0252. The number of amides is 2. The summed E-state index contributed by atoms with van der Waals surface area (Å²) in [5.74, 6) is 0.743. The minimum Gasteiger partial charge on any atom is -0.378 e.